The molecule has 1 amide bonds. The summed E-state index contributed by atoms with van der Waals surface area (Å²) in [6.07, 6.45) is 1.89. The zero-order valence-electron chi connectivity index (χ0n) is 12.6. The van der Waals surface area contributed by atoms with Gasteiger partial charge < -0.3 is 15.7 Å². The van der Waals surface area contributed by atoms with Gasteiger partial charge in [-0.15, -0.1) is 0 Å². The Morgan fingerprint density at radius 2 is 2.14 bits per heavy atom. The minimum Gasteiger partial charge on any atom is -0.481 e. The Kier molecular flexibility index (Phi) is 4.21. The van der Waals surface area contributed by atoms with E-state index in [-0.39, 0.29) is 12.5 Å². The predicted molar refractivity (Wildman–Crippen MR) is 81.1 cm³/mol. The van der Waals surface area contributed by atoms with Crippen LogP contribution in [0.1, 0.15) is 42.1 Å². The molecule has 114 valence electrons. The molecule has 1 atom stereocenters. The molecule has 0 bridgehead atoms. The van der Waals surface area contributed by atoms with Gasteiger partial charge in [-0.25, -0.2) is 0 Å². The number of nitrogens with zero attached hydrogens (tertiary/aromatic N) is 1. The number of hydrogen-bond donors (Lipinski definition) is 2. The van der Waals surface area contributed by atoms with Gasteiger partial charge in [0.15, 0.2) is 0 Å². The highest BCUT2D eigenvalue weighted by Crippen LogP contribution is 2.34. The number of anilines is 1. The molecule has 0 saturated carbocycles. The molecule has 5 heteroatoms. The number of nitrogens with two attached hydrogens (primary N) is 1. The molecule has 3 N–H and O–H groups in total. The molecule has 1 aliphatic heterocycles. The number of aryl methyl sites for hydroxylation is 1. The zero-order chi connectivity index (χ0) is 15.6. The first-order chi connectivity index (χ1) is 9.89. The van der Waals surface area contributed by atoms with E-state index in [9.17, 15) is 14.7 Å². The van der Waals surface area contributed by atoms with Gasteiger partial charge in [0.25, 0.3) is 5.91 Å². The van der Waals surface area contributed by atoms with Crippen LogP contribution in [-0.4, -0.2) is 35.0 Å². The van der Waals surface area contributed by atoms with Gasteiger partial charge in [-0.05, 0) is 49.9 Å². The number of carboxylic acid groups (broad SMARTS) is 1. The van der Waals surface area contributed by atoms with Crippen molar-refractivity contribution in [3.05, 3.63) is 29.3 Å². The molecule has 1 heterocycles. The highest BCUT2D eigenvalue weighted by molar-refractivity contribution is 5.95. The molecular weight excluding hydrogens is 268 g/mol. The minimum atomic E-state index is -0.809. The molecule has 1 aromatic carbocycles. The number of rotatable bonds is 3. The first-order valence-corrected chi connectivity index (χ1v) is 7.28. The molecule has 2 rings (SSSR count). The molecular formula is C16H22N2O3. The normalized spacial score (nSPS) is 22.1. The second-order valence-corrected chi connectivity index (χ2v) is 5.84. The lowest BCUT2D eigenvalue weighted by Crippen LogP contribution is -2.49. The Balaban J connectivity index is 2.22. The third-order valence-electron chi connectivity index (χ3n) is 4.51. The van der Waals surface area contributed by atoms with Crippen LogP contribution in [0, 0.1) is 12.3 Å². The summed E-state index contributed by atoms with van der Waals surface area (Å²) in [5.74, 6) is -0.923. The van der Waals surface area contributed by atoms with Crippen LogP contribution in [0.25, 0.3) is 0 Å². The number of aliphatic carboxylic acids is 1. The van der Waals surface area contributed by atoms with Gasteiger partial charge in [-0.1, -0.05) is 6.92 Å². The van der Waals surface area contributed by atoms with Crippen molar-refractivity contribution in [1.29, 1.82) is 0 Å². The lowest BCUT2D eigenvalue weighted by molar-refractivity contribution is -0.152. The summed E-state index contributed by atoms with van der Waals surface area (Å²) in [5.41, 5.74) is 7.04. The van der Waals surface area contributed by atoms with E-state index < -0.39 is 11.4 Å². The van der Waals surface area contributed by atoms with Crippen molar-refractivity contribution >= 4 is 17.6 Å². The predicted octanol–water partition coefficient (Wildman–Crippen LogP) is 2.29. The highest BCUT2D eigenvalue weighted by atomic mass is 16.4. The Morgan fingerprint density at radius 1 is 1.43 bits per heavy atom. The van der Waals surface area contributed by atoms with Crippen LogP contribution in [0.4, 0.5) is 5.69 Å². The molecule has 0 radical (unpaired) electrons. The lowest BCUT2D eigenvalue weighted by atomic mass is 9.77. The monoisotopic (exact) mass is 290 g/mol. The second-order valence-electron chi connectivity index (χ2n) is 5.84. The fraction of sp³-hybridized carbons (Fsp3) is 0.500. The quantitative estimate of drug-likeness (QED) is 0.837. The van der Waals surface area contributed by atoms with Crippen LogP contribution in [0.5, 0.6) is 0 Å². The van der Waals surface area contributed by atoms with E-state index in [1.54, 1.807) is 23.1 Å². The minimum absolute atomic E-state index is 0.114. The Labute approximate surface area is 124 Å². The number of carboxylic acids is 1. The first kappa shape index (κ1) is 15.4. The summed E-state index contributed by atoms with van der Waals surface area (Å²) in [5, 5.41) is 9.48. The molecule has 0 aliphatic carbocycles. The summed E-state index contributed by atoms with van der Waals surface area (Å²) >= 11 is 0. The summed E-state index contributed by atoms with van der Waals surface area (Å²) in [4.78, 5) is 25.8. The fourth-order valence-electron chi connectivity index (χ4n) is 2.91. The van der Waals surface area contributed by atoms with Gasteiger partial charge in [-0.2, -0.15) is 0 Å². The molecule has 1 aliphatic rings. The number of hydrogen-bond acceptors (Lipinski definition) is 3. The van der Waals surface area contributed by atoms with Crippen LogP contribution in [0.3, 0.4) is 0 Å². The standard InChI is InChI=1S/C16H22N2O3/c1-3-16(15(20)21)7-4-8-18(10-16)14(19)12-5-6-13(17)11(2)9-12/h5-6,9H,3-4,7-8,10,17H2,1-2H3,(H,20,21). The number of likely N-dealkylation sites (tertiary alicyclic amines) is 1. The summed E-state index contributed by atoms with van der Waals surface area (Å²) in [7, 11) is 0. The van der Waals surface area contributed by atoms with Crippen molar-refractivity contribution in [3.63, 3.8) is 0 Å². The first-order valence-electron chi connectivity index (χ1n) is 7.28. The maximum Gasteiger partial charge on any atom is 0.311 e. The SMILES string of the molecule is CCC1(C(=O)O)CCCN(C(=O)c2ccc(N)c(C)c2)C1. The van der Waals surface area contributed by atoms with Crippen molar-refractivity contribution in [1.82, 2.24) is 4.90 Å². The van der Waals surface area contributed by atoms with Crippen molar-refractivity contribution < 1.29 is 14.7 Å². The van der Waals surface area contributed by atoms with Crippen molar-refractivity contribution in [2.24, 2.45) is 5.41 Å². The lowest BCUT2D eigenvalue weighted by Gasteiger charge is -2.39. The fourth-order valence-corrected chi connectivity index (χ4v) is 2.91. The van der Waals surface area contributed by atoms with Crippen LogP contribution < -0.4 is 5.73 Å². The summed E-state index contributed by atoms with van der Waals surface area (Å²) in [6, 6.07) is 5.19. The van der Waals surface area contributed by atoms with E-state index >= 15 is 0 Å². The average Bonchev–Trinajstić information content (AvgIpc) is 2.49. The molecule has 1 unspecified atom stereocenters. The third-order valence-corrected chi connectivity index (χ3v) is 4.51. The summed E-state index contributed by atoms with van der Waals surface area (Å²) in [6.45, 7) is 4.61. The maximum atomic E-state index is 12.6. The molecule has 0 spiro atoms. The van der Waals surface area contributed by atoms with Gasteiger partial charge >= 0.3 is 5.97 Å². The van der Waals surface area contributed by atoms with Gasteiger partial charge in [0.2, 0.25) is 0 Å². The number of benzene rings is 1. The zero-order valence-corrected chi connectivity index (χ0v) is 12.6. The van der Waals surface area contributed by atoms with E-state index in [4.69, 9.17) is 5.73 Å². The Bertz CT molecular complexity index is 571. The van der Waals surface area contributed by atoms with Gasteiger partial charge in [0.1, 0.15) is 0 Å². The van der Waals surface area contributed by atoms with E-state index in [1.807, 2.05) is 13.8 Å². The average molecular weight is 290 g/mol. The highest BCUT2D eigenvalue weighted by Gasteiger charge is 2.42. The number of carbonyl (C=O) groups excluding carboxylic acids is 1. The van der Waals surface area contributed by atoms with Crippen LogP contribution in [0.15, 0.2) is 18.2 Å². The largest absolute Gasteiger partial charge is 0.481 e. The molecule has 21 heavy (non-hydrogen) atoms. The smallest absolute Gasteiger partial charge is 0.311 e. The van der Waals surface area contributed by atoms with Crippen molar-refractivity contribution in [3.8, 4) is 0 Å². The molecule has 1 saturated heterocycles. The van der Waals surface area contributed by atoms with Crippen LogP contribution >= 0.6 is 0 Å². The van der Waals surface area contributed by atoms with Crippen molar-refractivity contribution in [2.45, 2.75) is 33.1 Å². The molecule has 1 fully saturated rings. The van der Waals surface area contributed by atoms with Crippen LogP contribution in [0.2, 0.25) is 0 Å². The molecule has 1 aromatic rings. The van der Waals surface area contributed by atoms with E-state index in [1.165, 1.54) is 0 Å². The number of piperidine rings is 1. The van der Waals surface area contributed by atoms with Gasteiger partial charge in [0, 0.05) is 24.3 Å². The molecule has 5 nitrogen and oxygen atoms in total. The summed E-state index contributed by atoms with van der Waals surface area (Å²) < 4.78 is 0. The Hall–Kier alpha value is -2.04. The van der Waals surface area contributed by atoms with E-state index in [0.29, 0.717) is 30.6 Å². The van der Waals surface area contributed by atoms with E-state index in [2.05, 4.69) is 0 Å². The molecule has 0 aromatic heterocycles. The van der Waals surface area contributed by atoms with Crippen LogP contribution in [-0.2, 0) is 4.79 Å². The third kappa shape index (κ3) is 2.86. The topological polar surface area (TPSA) is 83.6 Å². The number of nitrogen functional groups attached to an aromatic ring is 1. The number of carbonyl (C=O) groups is 2. The van der Waals surface area contributed by atoms with Crippen molar-refractivity contribution in [2.75, 3.05) is 18.8 Å². The van der Waals surface area contributed by atoms with Gasteiger partial charge in [0.05, 0.1) is 5.41 Å². The second kappa shape index (κ2) is 5.76. The number of amides is 1. The van der Waals surface area contributed by atoms with Gasteiger partial charge in [-0.3, -0.25) is 9.59 Å². The Morgan fingerprint density at radius 3 is 2.71 bits per heavy atom. The maximum absolute atomic E-state index is 12.6. The van der Waals surface area contributed by atoms with E-state index in [0.717, 1.165) is 12.0 Å².